The van der Waals surface area contributed by atoms with Crippen LogP contribution in [0.4, 0.5) is 11.4 Å². The lowest BCUT2D eigenvalue weighted by Gasteiger charge is -2.44. The van der Waals surface area contributed by atoms with Crippen LogP contribution in [0, 0.1) is 41.5 Å². The molecule has 0 bridgehead atoms. The molecule has 5 heteroatoms. The Morgan fingerprint density at radius 3 is 1.48 bits per heavy atom. The molecule has 3 rings (SSSR count). The third kappa shape index (κ3) is 3.52. The lowest BCUT2D eigenvalue weighted by molar-refractivity contribution is 0.334. The molecule has 0 aromatic heterocycles. The number of nitrogens with zero attached hydrogens (tertiary/aromatic N) is 1. The van der Waals surface area contributed by atoms with Crippen molar-refractivity contribution in [3.05, 3.63) is 57.6 Å². The molecule has 0 aliphatic carbocycles. The van der Waals surface area contributed by atoms with Gasteiger partial charge in [-0.15, -0.1) is 0 Å². The minimum absolute atomic E-state index is 0.359. The highest BCUT2D eigenvalue weighted by Gasteiger charge is 2.57. The van der Waals surface area contributed by atoms with Crippen molar-refractivity contribution >= 4 is 46.2 Å². The van der Waals surface area contributed by atoms with Crippen LogP contribution in [0.15, 0.2) is 24.3 Å². The molecule has 1 aliphatic rings. The highest BCUT2D eigenvalue weighted by molar-refractivity contribution is 6.68. The van der Waals surface area contributed by atoms with Gasteiger partial charge in [-0.3, -0.25) is 5.32 Å². The molecule has 1 aliphatic heterocycles. The molecule has 27 heavy (non-hydrogen) atoms. The van der Waals surface area contributed by atoms with Gasteiger partial charge >= 0.3 is 0 Å². The predicted molar refractivity (Wildman–Crippen MR) is 120 cm³/mol. The van der Waals surface area contributed by atoms with Crippen LogP contribution in [0.3, 0.4) is 0 Å². The van der Waals surface area contributed by atoms with E-state index in [1.54, 1.807) is 0 Å². The van der Waals surface area contributed by atoms with E-state index in [1.165, 1.54) is 44.8 Å². The monoisotopic (exact) mass is 425 g/mol. The van der Waals surface area contributed by atoms with Gasteiger partial charge in [-0.25, -0.2) is 4.48 Å². The molecule has 146 valence electrons. The fourth-order valence-electron chi connectivity index (χ4n) is 5.23. The third-order valence-corrected chi connectivity index (χ3v) is 6.24. The molecule has 0 saturated carbocycles. The average Bonchev–Trinajstić information content (AvgIpc) is 2.90. The number of quaternary nitrogens is 1. The van der Waals surface area contributed by atoms with Crippen molar-refractivity contribution in [2.75, 3.05) is 13.1 Å². The topological polar surface area (TPSA) is 12.0 Å². The molecule has 2 nitrogen and oxygen atoms in total. The molecule has 2 aromatic rings. The Morgan fingerprint density at radius 1 is 0.778 bits per heavy atom. The summed E-state index contributed by atoms with van der Waals surface area (Å²) in [7, 11) is 0. The van der Waals surface area contributed by atoms with Gasteiger partial charge in [0.25, 0.3) is 3.79 Å². The van der Waals surface area contributed by atoms with E-state index in [0.29, 0.717) is 4.48 Å². The first-order chi connectivity index (χ1) is 12.5. The van der Waals surface area contributed by atoms with Crippen molar-refractivity contribution in [3.8, 4) is 0 Å². The number of hydrogen-bond acceptors (Lipinski definition) is 1. The quantitative estimate of drug-likeness (QED) is 0.428. The van der Waals surface area contributed by atoms with E-state index in [9.17, 15) is 0 Å². The van der Waals surface area contributed by atoms with Crippen LogP contribution in [-0.4, -0.2) is 23.0 Å². The average molecular weight is 427 g/mol. The maximum atomic E-state index is 6.55. The Balaban J connectivity index is 2.44. The molecule has 0 spiro atoms. The molecular weight excluding hydrogens is 399 g/mol. The van der Waals surface area contributed by atoms with E-state index in [2.05, 4.69) is 71.1 Å². The summed E-state index contributed by atoms with van der Waals surface area (Å²) in [5, 5.41) is 3.50. The second kappa shape index (κ2) is 7.24. The SMILES string of the molecule is Cc1cc(C)c([N+]2(c3c(C)cc(C)cc3C)CCNC2C(Cl)(Cl)Cl)c(C)c1. The van der Waals surface area contributed by atoms with Crippen LogP contribution in [0.5, 0.6) is 0 Å². The van der Waals surface area contributed by atoms with E-state index in [4.69, 9.17) is 34.8 Å². The number of hydrogen-bond donors (Lipinski definition) is 1. The Kier molecular flexibility index (Phi) is 5.62. The molecule has 2 aromatic carbocycles. The first kappa shape index (κ1) is 21.0. The van der Waals surface area contributed by atoms with E-state index in [0.717, 1.165) is 13.1 Å². The van der Waals surface area contributed by atoms with Crippen molar-refractivity contribution < 1.29 is 0 Å². The molecule has 1 atom stereocenters. The summed E-state index contributed by atoms with van der Waals surface area (Å²) >= 11 is 19.6. The number of benzene rings is 2. The lowest BCUT2D eigenvalue weighted by atomic mass is 9.96. The van der Waals surface area contributed by atoms with Crippen molar-refractivity contribution in [1.29, 1.82) is 0 Å². The van der Waals surface area contributed by atoms with Crippen molar-refractivity contribution in [2.45, 2.75) is 51.5 Å². The van der Waals surface area contributed by atoms with Crippen LogP contribution in [-0.2, 0) is 0 Å². The smallest absolute Gasteiger partial charge is 0.257 e. The maximum absolute atomic E-state index is 6.55. The zero-order valence-electron chi connectivity index (χ0n) is 16.9. The van der Waals surface area contributed by atoms with Crippen LogP contribution in [0.25, 0.3) is 0 Å². The van der Waals surface area contributed by atoms with E-state index >= 15 is 0 Å². The van der Waals surface area contributed by atoms with Gasteiger partial charge in [0.15, 0.2) is 0 Å². The highest BCUT2D eigenvalue weighted by atomic mass is 35.6. The van der Waals surface area contributed by atoms with Gasteiger partial charge in [0.1, 0.15) is 17.9 Å². The predicted octanol–water partition coefficient (Wildman–Crippen LogP) is 6.48. The van der Waals surface area contributed by atoms with Gasteiger partial charge in [0.05, 0.1) is 6.54 Å². The summed E-state index contributed by atoms with van der Waals surface area (Å²) in [6, 6.07) is 8.92. The van der Waals surface area contributed by atoms with E-state index in [1.807, 2.05) is 0 Å². The minimum atomic E-state index is -1.44. The summed E-state index contributed by atoms with van der Waals surface area (Å²) in [6.07, 6.45) is -0.359. The van der Waals surface area contributed by atoms with Gasteiger partial charge in [-0.2, -0.15) is 0 Å². The molecule has 1 unspecified atom stereocenters. The van der Waals surface area contributed by atoms with Crippen molar-refractivity contribution in [2.24, 2.45) is 0 Å². The molecule has 0 radical (unpaired) electrons. The Hall–Kier alpha value is -0.770. The summed E-state index contributed by atoms with van der Waals surface area (Å²) in [4.78, 5) is 0. The summed E-state index contributed by atoms with van der Waals surface area (Å²) < 4.78 is -0.920. The number of halogens is 3. The zero-order chi connectivity index (χ0) is 20.1. The largest absolute Gasteiger partial charge is 0.258 e. The standard InChI is InChI=1S/C22H28Cl3N2/c1-13-9-15(3)19(16(4)10-13)27(8-7-26-21(27)22(23,24)25)20-17(5)11-14(2)12-18(20)6/h9-12,21,26H,7-8H2,1-6H3/q+1. The van der Waals surface area contributed by atoms with E-state index in [-0.39, 0.29) is 6.17 Å². The second-order valence-electron chi connectivity index (χ2n) is 7.99. The molecule has 1 saturated heterocycles. The van der Waals surface area contributed by atoms with Crippen LogP contribution in [0.2, 0.25) is 0 Å². The highest BCUT2D eigenvalue weighted by Crippen LogP contribution is 2.51. The molecule has 1 fully saturated rings. The van der Waals surface area contributed by atoms with Crippen molar-refractivity contribution in [1.82, 2.24) is 9.80 Å². The van der Waals surface area contributed by atoms with Crippen LogP contribution >= 0.6 is 34.8 Å². The maximum Gasteiger partial charge on any atom is 0.257 e. The van der Waals surface area contributed by atoms with Crippen LogP contribution in [0.1, 0.15) is 33.4 Å². The Labute approximate surface area is 178 Å². The zero-order valence-corrected chi connectivity index (χ0v) is 19.1. The fraction of sp³-hybridized carbons (Fsp3) is 0.455. The number of nitrogens with one attached hydrogen (secondary N) is 1. The molecule has 0 amide bonds. The lowest BCUT2D eigenvalue weighted by Crippen LogP contribution is -2.59. The first-order valence-electron chi connectivity index (χ1n) is 9.33. The fourth-order valence-corrected chi connectivity index (χ4v) is 5.96. The van der Waals surface area contributed by atoms with Gasteiger partial charge in [0, 0.05) is 22.3 Å². The van der Waals surface area contributed by atoms with Gasteiger partial charge in [0.2, 0.25) is 6.17 Å². The number of aryl methyl sites for hydroxylation is 6. The first-order valence-corrected chi connectivity index (χ1v) is 10.5. The molecule has 1 N–H and O–H groups in total. The normalized spacial score (nSPS) is 19.5. The Morgan fingerprint density at radius 2 is 1.15 bits per heavy atom. The summed E-state index contributed by atoms with van der Waals surface area (Å²) in [6.45, 7) is 14.6. The second-order valence-corrected chi connectivity index (χ2v) is 10.4. The van der Waals surface area contributed by atoms with Gasteiger partial charge < -0.3 is 0 Å². The summed E-state index contributed by atoms with van der Waals surface area (Å²) in [5.74, 6) is 0. The number of rotatable bonds is 2. The minimum Gasteiger partial charge on any atom is -0.258 e. The third-order valence-electron chi connectivity index (χ3n) is 5.62. The molecular formula is C22H28Cl3N2+. The van der Waals surface area contributed by atoms with Gasteiger partial charge in [-0.05, 0) is 41.5 Å². The molecule has 1 heterocycles. The Bertz CT molecular complexity index is 780. The summed E-state index contributed by atoms with van der Waals surface area (Å²) in [5.41, 5.74) is 9.90. The van der Waals surface area contributed by atoms with Crippen LogP contribution < -0.4 is 9.80 Å². The van der Waals surface area contributed by atoms with Gasteiger partial charge in [-0.1, -0.05) is 70.2 Å². The number of alkyl halides is 3. The van der Waals surface area contributed by atoms with E-state index < -0.39 is 3.79 Å². The van der Waals surface area contributed by atoms with Crippen molar-refractivity contribution in [3.63, 3.8) is 0 Å².